The molecule has 6 nitrogen and oxygen atoms in total. The fourth-order valence-electron chi connectivity index (χ4n) is 2.79. The summed E-state index contributed by atoms with van der Waals surface area (Å²) in [5.41, 5.74) is 0.359. The molecule has 4 aromatic rings. The van der Waals surface area contributed by atoms with Gasteiger partial charge in [0.25, 0.3) is 11.5 Å². The average molecular weight is 362 g/mol. The van der Waals surface area contributed by atoms with Gasteiger partial charge < -0.3 is 0 Å². The van der Waals surface area contributed by atoms with Crippen LogP contribution in [0.2, 0.25) is 0 Å². The first-order valence-corrected chi connectivity index (χ1v) is 8.84. The predicted octanol–water partition coefficient (Wildman–Crippen LogP) is 3.08. The number of amides is 1. The van der Waals surface area contributed by atoms with Crippen molar-refractivity contribution >= 4 is 33.1 Å². The number of anilines is 1. The molecule has 1 N–H and O–H groups in total. The summed E-state index contributed by atoms with van der Waals surface area (Å²) < 4.78 is 1.22. The molecule has 2 aromatic heterocycles. The Labute approximate surface area is 152 Å². The Morgan fingerprint density at radius 1 is 1.08 bits per heavy atom. The Hall–Kier alpha value is -3.32. The normalized spacial score (nSPS) is 12.0. The van der Waals surface area contributed by atoms with E-state index in [4.69, 9.17) is 0 Å². The number of benzene rings is 2. The van der Waals surface area contributed by atoms with Crippen LogP contribution in [-0.2, 0) is 4.79 Å². The van der Waals surface area contributed by atoms with E-state index in [1.807, 2.05) is 30.3 Å². The molecule has 0 fully saturated rings. The molecule has 7 heteroatoms. The first kappa shape index (κ1) is 16.2. The van der Waals surface area contributed by atoms with Gasteiger partial charge in [-0.1, -0.05) is 48.5 Å². The van der Waals surface area contributed by atoms with Gasteiger partial charge in [0.15, 0.2) is 11.2 Å². The van der Waals surface area contributed by atoms with Gasteiger partial charge in [-0.25, -0.2) is 9.67 Å². The maximum atomic E-state index is 13.0. The van der Waals surface area contributed by atoms with Crippen molar-refractivity contribution in [3.8, 4) is 0 Å². The zero-order valence-electron chi connectivity index (χ0n) is 13.6. The highest BCUT2D eigenvalue weighted by Gasteiger charge is 2.26. The fourth-order valence-corrected chi connectivity index (χ4v) is 3.32. The number of fused-ring (bicyclic) bond motifs is 1. The minimum absolute atomic E-state index is 0.314. The van der Waals surface area contributed by atoms with Crippen LogP contribution in [0.3, 0.4) is 0 Å². The SMILES string of the molecule is O=C(Nc1nccs1)C(c1ccccc1)n1ncc2ccccc2c1=O. The molecule has 2 aromatic carbocycles. The number of aromatic nitrogens is 3. The molecule has 128 valence electrons. The largest absolute Gasteiger partial charge is 0.300 e. The number of carbonyl (C=O) groups excluding carboxylic acids is 1. The molecule has 1 atom stereocenters. The molecule has 1 amide bonds. The van der Waals surface area contributed by atoms with Crippen LogP contribution >= 0.6 is 11.3 Å². The Bertz CT molecular complexity index is 1110. The van der Waals surface area contributed by atoms with E-state index >= 15 is 0 Å². The quantitative estimate of drug-likeness (QED) is 0.605. The minimum Gasteiger partial charge on any atom is -0.300 e. The van der Waals surface area contributed by atoms with E-state index in [0.29, 0.717) is 16.1 Å². The molecule has 0 radical (unpaired) electrons. The highest BCUT2D eigenvalue weighted by molar-refractivity contribution is 7.13. The van der Waals surface area contributed by atoms with Gasteiger partial charge in [0.1, 0.15) is 0 Å². The maximum Gasteiger partial charge on any atom is 0.275 e. The number of carbonyl (C=O) groups is 1. The van der Waals surface area contributed by atoms with Crippen LogP contribution < -0.4 is 10.9 Å². The molecule has 4 rings (SSSR count). The second kappa shape index (κ2) is 6.89. The Morgan fingerprint density at radius 3 is 2.62 bits per heavy atom. The lowest BCUT2D eigenvalue weighted by Crippen LogP contribution is -2.35. The first-order chi connectivity index (χ1) is 12.7. The van der Waals surface area contributed by atoms with Crippen LogP contribution in [0.15, 0.2) is 77.2 Å². The molecule has 0 spiro atoms. The predicted molar refractivity (Wildman–Crippen MR) is 101 cm³/mol. The summed E-state index contributed by atoms with van der Waals surface area (Å²) in [7, 11) is 0. The van der Waals surface area contributed by atoms with Crippen molar-refractivity contribution in [3.63, 3.8) is 0 Å². The Morgan fingerprint density at radius 2 is 1.85 bits per heavy atom. The van der Waals surface area contributed by atoms with Crippen LogP contribution in [0.25, 0.3) is 10.8 Å². The van der Waals surface area contributed by atoms with Gasteiger partial charge >= 0.3 is 0 Å². The van der Waals surface area contributed by atoms with Gasteiger partial charge in [0.05, 0.1) is 11.6 Å². The van der Waals surface area contributed by atoms with Crippen molar-refractivity contribution in [1.29, 1.82) is 0 Å². The molecule has 0 saturated heterocycles. The molecule has 0 bridgehead atoms. The maximum absolute atomic E-state index is 13.0. The van der Waals surface area contributed by atoms with Crippen LogP contribution in [0.1, 0.15) is 11.6 Å². The van der Waals surface area contributed by atoms with Gasteiger partial charge in [-0.05, 0) is 11.6 Å². The molecule has 2 heterocycles. The monoisotopic (exact) mass is 362 g/mol. The summed E-state index contributed by atoms with van der Waals surface area (Å²) >= 11 is 1.31. The van der Waals surface area contributed by atoms with E-state index in [1.165, 1.54) is 16.0 Å². The summed E-state index contributed by atoms with van der Waals surface area (Å²) in [4.78, 5) is 30.0. The van der Waals surface area contributed by atoms with Gasteiger partial charge in [-0.15, -0.1) is 11.3 Å². The molecule has 0 aliphatic carbocycles. The third-order valence-corrected chi connectivity index (χ3v) is 4.68. The third kappa shape index (κ3) is 3.00. The first-order valence-electron chi connectivity index (χ1n) is 7.96. The van der Waals surface area contributed by atoms with E-state index in [1.54, 1.807) is 42.0 Å². The van der Waals surface area contributed by atoms with Crippen LogP contribution in [0.5, 0.6) is 0 Å². The second-order valence-electron chi connectivity index (χ2n) is 5.62. The average Bonchev–Trinajstić information content (AvgIpc) is 3.18. The second-order valence-corrected chi connectivity index (χ2v) is 6.52. The number of hydrogen-bond acceptors (Lipinski definition) is 5. The summed E-state index contributed by atoms with van der Waals surface area (Å²) in [6.45, 7) is 0. The topological polar surface area (TPSA) is 76.9 Å². The van der Waals surface area contributed by atoms with Crippen LogP contribution in [0.4, 0.5) is 5.13 Å². The minimum atomic E-state index is -0.891. The van der Waals surface area contributed by atoms with E-state index in [2.05, 4.69) is 15.4 Å². The highest BCUT2D eigenvalue weighted by atomic mass is 32.1. The number of thiazole rings is 1. The highest BCUT2D eigenvalue weighted by Crippen LogP contribution is 2.20. The summed E-state index contributed by atoms with van der Waals surface area (Å²) in [5.74, 6) is -0.365. The standard InChI is InChI=1S/C19H14N4O2S/c24-17(22-19-20-10-11-26-19)16(13-6-2-1-3-7-13)23-18(25)15-9-5-4-8-14(15)12-21-23/h1-12,16H,(H,20,22,24). The lowest BCUT2D eigenvalue weighted by molar-refractivity contribution is -0.118. The lowest BCUT2D eigenvalue weighted by Gasteiger charge is -2.18. The summed E-state index contributed by atoms with van der Waals surface area (Å²) in [6.07, 6.45) is 3.21. The zero-order chi connectivity index (χ0) is 17.9. The number of hydrogen-bond donors (Lipinski definition) is 1. The number of nitrogens with zero attached hydrogens (tertiary/aromatic N) is 3. The molecule has 26 heavy (non-hydrogen) atoms. The van der Waals surface area contributed by atoms with E-state index in [9.17, 15) is 9.59 Å². The van der Waals surface area contributed by atoms with E-state index in [-0.39, 0.29) is 11.5 Å². The summed E-state index contributed by atoms with van der Waals surface area (Å²) in [6, 6.07) is 15.4. The zero-order valence-corrected chi connectivity index (χ0v) is 14.4. The van der Waals surface area contributed by atoms with Crippen molar-refractivity contribution < 1.29 is 4.79 Å². The Kier molecular flexibility index (Phi) is 4.28. The molecular weight excluding hydrogens is 348 g/mol. The number of rotatable bonds is 4. The molecule has 0 aliphatic heterocycles. The van der Waals surface area contributed by atoms with Crippen molar-refractivity contribution in [3.05, 3.63) is 88.3 Å². The number of nitrogens with one attached hydrogen (secondary N) is 1. The van der Waals surface area contributed by atoms with Crippen molar-refractivity contribution in [1.82, 2.24) is 14.8 Å². The van der Waals surface area contributed by atoms with E-state index in [0.717, 1.165) is 5.39 Å². The molecular formula is C19H14N4O2S. The van der Waals surface area contributed by atoms with E-state index < -0.39 is 6.04 Å². The lowest BCUT2D eigenvalue weighted by atomic mass is 10.1. The van der Waals surface area contributed by atoms with Crippen LogP contribution in [-0.4, -0.2) is 20.7 Å². The van der Waals surface area contributed by atoms with Crippen molar-refractivity contribution in [2.45, 2.75) is 6.04 Å². The van der Waals surface area contributed by atoms with Gasteiger partial charge in [0.2, 0.25) is 0 Å². The molecule has 0 aliphatic rings. The van der Waals surface area contributed by atoms with Crippen molar-refractivity contribution in [2.75, 3.05) is 5.32 Å². The smallest absolute Gasteiger partial charge is 0.275 e. The summed E-state index contributed by atoms with van der Waals surface area (Å²) in [5, 5.41) is 10.5. The van der Waals surface area contributed by atoms with Crippen LogP contribution in [0, 0.1) is 0 Å². The van der Waals surface area contributed by atoms with Gasteiger partial charge in [-0.3, -0.25) is 14.9 Å². The fraction of sp³-hybridized carbons (Fsp3) is 0.0526. The van der Waals surface area contributed by atoms with Gasteiger partial charge in [0, 0.05) is 17.0 Å². The van der Waals surface area contributed by atoms with Gasteiger partial charge in [-0.2, -0.15) is 5.10 Å². The molecule has 1 unspecified atom stereocenters. The third-order valence-electron chi connectivity index (χ3n) is 3.99. The van der Waals surface area contributed by atoms with Crippen molar-refractivity contribution in [2.24, 2.45) is 0 Å². The molecule has 0 saturated carbocycles. The Balaban J connectivity index is 1.84.